The third kappa shape index (κ3) is 2.52. The zero-order chi connectivity index (χ0) is 11.6. The number of benzene rings is 1. The van der Waals surface area contributed by atoms with Crippen LogP contribution in [0.2, 0.25) is 0 Å². The lowest BCUT2D eigenvalue weighted by molar-refractivity contribution is 0.537. The molecule has 3 N–H and O–H groups in total. The first-order valence-electron chi connectivity index (χ1n) is 5.16. The second-order valence-electron chi connectivity index (χ2n) is 4.04. The molecule has 0 aromatic heterocycles. The van der Waals surface area contributed by atoms with E-state index in [2.05, 4.69) is 21.2 Å². The van der Waals surface area contributed by atoms with Crippen LogP contribution in [-0.2, 0) is 0 Å². The van der Waals surface area contributed by atoms with Gasteiger partial charge in [0, 0.05) is 18.0 Å². The largest absolute Gasteiger partial charge is 0.377 e. The van der Waals surface area contributed by atoms with Gasteiger partial charge in [-0.25, -0.2) is 4.39 Å². The Balaban J connectivity index is 2.16. The van der Waals surface area contributed by atoms with E-state index in [1.54, 1.807) is 12.1 Å². The van der Waals surface area contributed by atoms with Gasteiger partial charge in [-0.1, -0.05) is 0 Å². The molecular formula is C11H14BrFN2S. The molecule has 5 heteroatoms. The molecule has 88 valence electrons. The van der Waals surface area contributed by atoms with E-state index in [1.165, 1.54) is 6.07 Å². The number of thioether (sulfide) groups is 1. The number of nitrogens with two attached hydrogens (primary N) is 1. The van der Waals surface area contributed by atoms with Gasteiger partial charge in [0.25, 0.3) is 0 Å². The Morgan fingerprint density at radius 1 is 1.56 bits per heavy atom. The van der Waals surface area contributed by atoms with Gasteiger partial charge in [0.05, 0.1) is 10.0 Å². The lowest BCUT2D eigenvalue weighted by Gasteiger charge is -2.29. The zero-order valence-electron chi connectivity index (χ0n) is 8.80. The van der Waals surface area contributed by atoms with Crippen LogP contribution in [0, 0.1) is 5.82 Å². The highest BCUT2D eigenvalue weighted by Crippen LogP contribution is 2.31. The molecule has 1 saturated heterocycles. The summed E-state index contributed by atoms with van der Waals surface area (Å²) in [5.41, 5.74) is 6.71. The van der Waals surface area contributed by atoms with Crippen LogP contribution in [0.1, 0.15) is 6.42 Å². The Kier molecular flexibility index (Phi) is 3.77. The van der Waals surface area contributed by atoms with E-state index in [0.29, 0.717) is 11.0 Å². The smallest absolute Gasteiger partial charge is 0.137 e. The summed E-state index contributed by atoms with van der Waals surface area (Å²) in [6.07, 6.45) is 1.06. The molecule has 0 radical (unpaired) electrons. The van der Waals surface area contributed by atoms with Crippen molar-refractivity contribution in [2.75, 3.05) is 23.4 Å². The van der Waals surface area contributed by atoms with Crippen LogP contribution in [0.15, 0.2) is 22.7 Å². The lowest BCUT2D eigenvalue weighted by Crippen LogP contribution is -2.45. The van der Waals surface area contributed by atoms with E-state index < -0.39 is 0 Å². The molecule has 2 rings (SSSR count). The first-order valence-corrected chi connectivity index (χ1v) is 7.11. The monoisotopic (exact) mass is 304 g/mol. The van der Waals surface area contributed by atoms with Gasteiger partial charge in [-0.15, -0.1) is 0 Å². The summed E-state index contributed by atoms with van der Waals surface area (Å²) in [5, 5.41) is 3.43. The number of anilines is 1. The van der Waals surface area contributed by atoms with Crippen LogP contribution >= 0.6 is 27.7 Å². The van der Waals surface area contributed by atoms with Crippen LogP contribution in [0.3, 0.4) is 0 Å². The minimum Gasteiger partial charge on any atom is -0.377 e. The average molecular weight is 305 g/mol. The van der Waals surface area contributed by atoms with Gasteiger partial charge in [0.1, 0.15) is 5.82 Å². The normalized spacial score (nSPS) is 24.7. The first kappa shape index (κ1) is 12.2. The molecule has 0 aliphatic carbocycles. The van der Waals surface area contributed by atoms with Crippen molar-refractivity contribution in [2.45, 2.75) is 12.0 Å². The Hall–Kier alpha value is -0.260. The van der Waals surface area contributed by atoms with Gasteiger partial charge < -0.3 is 11.1 Å². The fourth-order valence-corrected chi connectivity index (χ4v) is 3.58. The minimum absolute atomic E-state index is 0.0259. The summed E-state index contributed by atoms with van der Waals surface area (Å²) >= 11 is 5.09. The van der Waals surface area contributed by atoms with E-state index in [9.17, 15) is 4.39 Å². The number of hydrogen-bond donors (Lipinski definition) is 2. The number of rotatable bonds is 3. The standard InChI is InChI=1S/C11H14BrFN2S/c12-9-5-8(1-2-10(9)13)15-11(6-14)3-4-16-7-11/h1-2,5,15H,3-4,6-7,14H2. The highest BCUT2D eigenvalue weighted by atomic mass is 79.9. The highest BCUT2D eigenvalue weighted by molar-refractivity contribution is 9.10. The topological polar surface area (TPSA) is 38.0 Å². The van der Waals surface area contributed by atoms with Gasteiger partial charge >= 0.3 is 0 Å². The first-order chi connectivity index (χ1) is 7.65. The van der Waals surface area contributed by atoms with E-state index in [4.69, 9.17) is 5.73 Å². The Morgan fingerprint density at radius 3 is 2.94 bits per heavy atom. The van der Waals surface area contributed by atoms with Crippen LogP contribution in [0.5, 0.6) is 0 Å². The van der Waals surface area contributed by atoms with Gasteiger partial charge in [-0.3, -0.25) is 0 Å². The van der Waals surface area contributed by atoms with Crippen molar-refractivity contribution in [1.29, 1.82) is 0 Å². The highest BCUT2D eigenvalue weighted by Gasteiger charge is 2.32. The second kappa shape index (κ2) is 4.94. The van der Waals surface area contributed by atoms with Crippen LogP contribution in [-0.4, -0.2) is 23.6 Å². The third-order valence-corrected chi connectivity index (χ3v) is 4.68. The van der Waals surface area contributed by atoms with Crippen molar-refractivity contribution in [3.63, 3.8) is 0 Å². The maximum Gasteiger partial charge on any atom is 0.137 e. The quantitative estimate of drug-likeness (QED) is 0.902. The summed E-state index contributed by atoms with van der Waals surface area (Å²) in [4.78, 5) is 0. The van der Waals surface area contributed by atoms with E-state index in [-0.39, 0.29) is 11.4 Å². The molecule has 0 spiro atoms. The Bertz CT molecular complexity index is 380. The predicted octanol–water partition coefficient (Wildman–Crippen LogP) is 2.83. The summed E-state index contributed by atoms with van der Waals surface area (Å²) in [5.74, 6) is 1.90. The van der Waals surface area contributed by atoms with Gasteiger partial charge in [0.15, 0.2) is 0 Å². The van der Waals surface area contributed by atoms with Crippen molar-refractivity contribution in [3.8, 4) is 0 Å². The second-order valence-corrected chi connectivity index (χ2v) is 6.00. The van der Waals surface area contributed by atoms with Crippen LogP contribution in [0.4, 0.5) is 10.1 Å². The molecule has 0 amide bonds. The molecule has 0 bridgehead atoms. The van der Waals surface area contributed by atoms with E-state index in [0.717, 1.165) is 23.6 Å². The molecule has 1 atom stereocenters. The maximum atomic E-state index is 13.1. The van der Waals surface area contributed by atoms with E-state index in [1.807, 2.05) is 11.8 Å². The molecule has 1 fully saturated rings. The minimum atomic E-state index is -0.242. The van der Waals surface area contributed by atoms with Crippen molar-refractivity contribution in [3.05, 3.63) is 28.5 Å². The SMILES string of the molecule is NCC1(Nc2ccc(F)c(Br)c2)CCSC1. The number of hydrogen-bond acceptors (Lipinski definition) is 3. The van der Waals surface area contributed by atoms with Crippen molar-refractivity contribution in [1.82, 2.24) is 0 Å². The molecule has 16 heavy (non-hydrogen) atoms. The summed E-state index contributed by atoms with van der Waals surface area (Å²) in [7, 11) is 0. The number of nitrogens with one attached hydrogen (secondary N) is 1. The molecular weight excluding hydrogens is 291 g/mol. The summed E-state index contributed by atoms with van der Waals surface area (Å²) < 4.78 is 13.6. The van der Waals surface area contributed by atoms with Gasteiger partial charge in [-0.05, 0) is 46.3 Å². The molecule has 1 aliphatic heterocycles. The molecule has 1 unspecified atom stereocenters. The van der Waals surface area contributed by atoms with Crippen LogP contribution < -0.4 is 11.1 Å². The fraction of sp³-hybridized carbons (Fsp3) is 0.455. The van der Waals surface area contributed by atoms with Crippen LogP contribution in [0.25, 0.3) is 0 Å². The molecule has 2 nitrogen and oxygen atoms in total. The number of halogens is 2. The van der Waals surface area contributed by atoms with Crippen molar-refractivity contribution in [2.24, 2.45) is 5.73 Å². The molecule has 1 aliphatic rings. The predicted molar refractivity (Wildman–Crippen MR) is 71.5 cm³/mol. The molecule has 1 aromatic carbocycles. The lowest BCUT2D eigenvalue weighted by atomic mass is 9.99. The summed E-state index contributed by atoms with van der Waals surface area (Å²) in [6.45, 7) is 0.606. The third-order valence-electron chi connectivity index (χ3n) is 2.82. The zero-order valence-corrected chi connectivity index (χ0v) is 11.2. The average Bonchev–Trinajstić information content (AvgIpc) is 2.73. The fourth-order valence-electron chi connectivity index (χ4n) is 1.80. The van der Waals surface area contributed by atoms with E-state index >= 15 is 0 Å². The van der Waals surface area contributed by atoms with Crippen molar-refractivity contribution >= 4 is 33.4 Å². The van der Waals surface area contributed by atoms with Gasteiger partial charge in [0.2, 0.25) is 0 Å². The molecule has 0 saturated carbocycles. The molecule has 1 aromatic rings. The van der Waals surface area contributed by atoms with Crippen molar-refractivity contribution < 1.29 is 4.39 Å². The maximum absolute atomic E-state index is 13.1. The Labute approximate surface area is 107 Å². The van der Waals surface area contributed by atoms with Gasteiger partial charge in [-0.2, -0.15) is 11.8 Å². The molecule has 1 heterocycles. The Morgan fingerprint density at radius 2 is 2.38 bits per heavy atom. The summed E-state index contributed by atoms with van der Waals surface area (Å²) in [6, 6.07) is 4.97.